The highest BCUT2D eigenvalue weighted by Crippen LogP contribution is 2.35. The quantitative estimate of drug-likeness (QED) is 0.380. The molecule has 2 aromatic rings. The van der Waals surface area contributed by atoms with E-state index < -0.39 is 31.0 Å². The SMILES string of the molecule is CC(C)(C)C(=O)CSc1nnc(-c2cc(OCC(F)(F)F)ccc2OCC(F)(F)F)o1. The predicted octanol–water partition coefficient (Wildman–Crippen LogP) is 5.33. The van der Waals surface area contributed by atoms with Crippen LogP contribution in [-0.2, 0) is 4.79 Å². The van der Waals surface area contributed by atoms with Crippen LogP contribution in [0.25, 0.3) is 11.5 Å². The van der Waals surface area contributed by atoms with Gasteiger partial charge < -0.3 is 13.9 Å². The van der Waals surface area contributed by atoms with Crippen LogP contribution in [0.3, 0.4) is 0 Å². The van der Waals surface area contributed by atoms with Crippen LogP contribution in [0.1, 0.15) is 20.8 Å². The number of Topliss-reactive ketones (excluding diaryl/α,β-unsaturated/α-hetero) is 1. The number of aromatic nitrogens is 2. The van der Waals surface area contributed by atoms with Crippen molar-refractivity contribution in [3.8, 4) is 23.0 Å². The van der Waals surface area contributed by atoms with Gasteiger partial charge in [-0.15, -0.1) is 10.2 Å². The second kappa shape index (κ2) is 9.37. The van der Waals surface area contributed by atoms with Crippen molar-refractivity contribution in [3.05, 3.63) is 18.2 Å². The van der Waals surface area contributed by atoms with Crippen molar-refractivity contribution in [3.63, 3.8) is 0 Å². The zero-order chi connectivity index (χ0) is 23.4. The zero-order valence-corrected chi connectivity index (χ0v) is 17.4. The zero-order valence-electron chi connectivity index (χ0n) is 16.6. The number of hydrogen-bond donors (Lipinski definition) is 0. The van der Waals surface area contributed by atoms with Gasteiger partial charge in [0.25, 0.3) is 11.1 Å². The molecule has 0 radical (unpaired) electrons. The van der Waals surface area contributed by atoms with Crippen molar-refractivity contribution in [1.29, 1.82) is 0 Å². The summed E-state index contributed by atoms with van der Waals surface area (Å²) >= 11 is 0.922. The van der Waals surface area contributed by atoms with E-state index in [2.05, 4.69) is 14.9 Å². The van der Waals surface area contributed by atoms with Crippen LogP contribution in [-0.4, -0.2) is 47.3 Å². The van der Waals surface area contributed by atoms with Gasteiger partial charge in [-0.1, -0.05) is 32.5 Å². The van der Waals surface area contributed by atoms with Gasteiger partial charge >= 0.3 is 12.4 Å². The number of halogens is 6. The molecule has 1 aromatic carbocycles. The first-order chi connectivity index (χ1) is 14.1. The molecule has 0 unspecified atom stereocenters. The first-order valence-electron chi connectivity index (χ1n) is 8.67. The van der Waals surface area contributed by atoms with Crippen LogP contribution >= 0.6 is 11.8 Å². The Morgan fingerprint density at radius 3 is 2.19 bits per heavy atom. The fourth-order valence-corrected chi connectivity index (χ4v) is 2.86. The lowest BCUT2D eigenvalue weighted by atomic mass is 9.92. The number of rotatable bonds is 8. The van der Waals surface area contributed by atoms with Crippen molar-refractivity contribution in [2.24, 2.45) is 5.41 Å². The number of thioether (sulfide) groups is 1. The third-order valence-electron chi connectivity index (χ3n) is 3.54. The van der Waals surface area contributed by atoms with E-state index in [9.17, 15) is 31.1 Å². The number of nitrogens with zero attached hydrogens (tertiary/aromatic N) is 2. The number of ether oxygens (including phenoxy) is 2. The van der Waals surface area contributed by atoms with Crippen molar-refractivity contribution in [1.82, 2.24) is 10.2 Å². The highest BCUT2D eigenvalue weighted by atomic mass is 32.2. The standard InChI is InChI=1S/C18H18F6N2O4S/c1-16(2,3)13(27)7-31-15-26-25-14(30-15)11-6-10(28-8-17(19,20)21)4-5-12(11)29-9-18(22,23)24/h4-6H,7-9H2,1-3H3. The minimum absolute atomic E-state index is 0.0112. The Labute approximate surface area is 177 Å². The van der Waals surface area contributed by atoms with Crippen molar-refractivity contribution in [2.45, 2.75) is 38.3 Å². The monoisotopic (exact) mass is 472 g/mol. The average Bonchev–Trinajstić information content (AvgIpc) is 3.09. The predicted molar refractivity (Wildman–Crippen MR) is 98.0 cm³/mol. The molecule has 0 spiro atoms. The van der Waals surface area contributed by atoms with E-state index in [1.807, 2.05) is 0 Å². The molecule has 0 saturated heterocycles. The third-order valence-corrected chi connectivity index (χ3v) is 4.36. The second-order valence-electron chi connectivity index (χ2n) is 7.30. The summed E-state index contributed by atoms with van der Waals surface area (Å²) in [6.45, 7) is 1.94. The highest BCUT2D eigenvalue weighted by molar-refractivity contribution is 7.99. The van der Waals surface area contributed by atoms with E-state index in [1.54, 1.807) is 20.8 Å². The molecule has 0 amide bonds. The fourth-order valence-electron chi connectivity index (χ4n) is 1.94. The minimum atomic E-state index is -4.65. The molecule has 0 aliphatic carbocycles. The van der Waals surface area contributed by atoms with Crippen LogP contribution in [0.5, 0.6) is 11.5 Å². The van der Waals surface area contributed by atoms with Gasteiger partial charge in [-0.3, -0.25) is 4.79 Å². The Morgan fingerprint density at radius 2 is 1.61 bits per heavy atom. The van der Waals surface area contributed by atoms with Crippen molar-refractivity contribution < 1.29 is 45.0 Å². The van der Waals surface area contributed by atoms with Gasteiger partial charge in [0.05, 0.1) is 11.3 Å². The molecule has 0 N–H and O–H groups in total. The number of benzene rings is 1. The average molecular weight is 472 g/mol. The van der Waals surface area contributed by atoms with Gasteiger partial charge in [0.15, 0.2) is 13.2 Å². The van der Waals surface area contributed by atoms with Crippen LogP contribution in [0.2, 0.25) is 0 Å². The van der Waals surface area contributed by atoms with Gasteiger partial charge in [-0.2, -0.15) is 26.3 Å². The Kier molecular flexibility index (Phi) is 7.50. The Morgan fingerprint density at radius 1 is 1.00 bits per heavy atom. The number of ketones is 1. The number of alkyl halides is 6. The van der Waals surface area contributed by atoms with E-state index in [0.29, 0.717) is 0 Å². The molecule has 1 aromatic heterocycles. The highest BCUT2D eigenvalue weighted by Gasteiger charge is 2.31. The Hall–Kier alpha value is -2.44. The maximum atomic E-state index is 12.5. The van der Waals surface area contributed by atoms with E-state index >= 15 is 0 Å². The van der Waals surface area contributed by atoms with Crippen LogP contribution in [0.4, 0.5) is 26.3 Å². The van der Waals surface area contributed by atoms with E-state index in [-0.39, 0.29) is 39.7 Å². The largest absolute Gasteiger partial charge is 0.484 e. The molecule has 0 aliphatic heterocycles. The normalized spacial score (nSPS) is 12.7. The van der Waals surface area contributed by atoms with Gasteiger partial charge in [0, 0.05) is 5.41 Å². The van der Waals surface area contributed by atoms with Crippen LogP contribution in [0.15, 0.2) is 27.8 Å². The summed E-state index contributed by atoms with van der Waals surface area (Å²) in [7, 11) is 0. The Balaban J connectivity index is 2.26. The molecule has 0 bridgehead atoms. The molecule has 0 fully saturated rings. The maximum Gasteiger partial charge on any atom is 0.422 e. The van der Waals surface area contributed by atoms with Gasteiger partial charge in [0.2, 0.25) is 0 Å². The van der Waals surface area contributed by atoms with E-state index in [0.717, 1.165) is 30.0 Å². The molecule has 1 heterocycles. The van der Waals surface area contributed by atoms with Crippen molar-refractivity contribution >= 4 is 17.5 Å². The second-order valence-corrected chi connectivity index (χ2v) is 8.23. The lowest BCUT2D eigenvalue weighted by Crippen LogP contribution is -2.21. The molecule has 13 heteroatoms. The summed E-state index contributed by atoms with van der Waals surface area (Å²) in [5.41, 5.74) is -0.788. The molecule has 0 atom stereocenters. The summed E-state index contributed by atoms with van der Waals surface area (Å²) in [4.78, 5) is 12.0. The maximum absolute atomic E-state index is 12.5. The topological polar surface area (TPSA) is 74.5 Å². The molecule has 0 aliphatic rings. The summed E-state index contributed by atoms with van der Waals surface area (Å²) in [5.74, 6) is -1.03. The summed E-state index contributed by atoms with van der Waals surface area (Å²) in [5, 5.41) is 7.36. The number of hydrogen-bond acceptors (Lipinski definition) is 7. The molecule has 31 heavy (non-hydrogen) atoms. The first-order valence-corrected chi connectivity index (χ1v) is 9.66. The van der Waals surface area contributed by atoms with Crippen molar-refractivity contribution in [2.75, 3.05) is 19.0 Å². The van der Waals surface area contributed by atoms with Crippen LogP contribution in [0, 0.1) is 5.41 Å². The molecular formula is C18H18F6N2O4S. The summed E-state index contributed by atoms with van der Waals surface area (Å²) in [6, 6.07) is 3.03. The van der Waals surface area contributed by atoms with E-state index in [4.69, 9.17) is 9.15 Å². The van der Waals surface area contributed by atoms with Crippen LogP contribution < -0.4 is 9.47 Å². The van der Waals surface area contributed by atoms with Gasteiger partial charge in [-0.25, -0.2) is 0 Å². The molecular weight excluding hydrogens is 454 g/mol. The number of carbonyl (C=O) groups excluding carboxylic acids is 1. The Bertz CT molecular complexity index is 906. The first kappa shape index (κ1) is 24.8. The third kappa shape index (κ3) is 8.31. The minimum Gasteiger partial charge on any atom is -0.484 e. The smallest absolute Gasteiger partial charge is 0.422 e. The summed E-state index contributed by atoms with van der Waals surface area (Å²) in [6.07, 6.45) is -9.26. The lowest BCUT2D eigenvalue weighted by molar-refractivity contribution is -0.154. The lowest BCUT2D eigenvalue weighted by Gasteiger charge is -2.15. The molecule has 2 rings (SSSR count). The van der Waals surface area contributed by atoms with E-state index in [1.165, 1.54) is 0 Å². The van der Waals surface area contributed by atoms with Gasteiger partial charge in [-0.05, 0) is 18.2 Å². The fraction of sp³-hybridized carbons (Fsp3) is 0.500. The molecule has 0 saturated carbocycles. The summed E-state index contributed by atoms with van der Waals surface area (Å²) < 4.78 is 89.4. The van der Waals surface area contributed by atoms with Gasteiger partial charge in [0.1, 0.15) is 17.3 Å². The molecule has 6 nitrogen and oxygen atoms in total. The number of carbonyl (C=O) groups is 1. The molecule has 172 valence electrons.